The van der Waals surface area contributed by atoms with Crippen molar-refractivity contribution in [2.45, 2.75) is 39.7 Å². The molecule has 2 heteroatoms. The van der Waals surface area contributed by atoms with Gasteiger partial charge in [-0.15, -0.1) is 0 Å². The van der Waals surface area contributed by atoms with Crippen LogP contribution in [0.2, 0.25) is 0 Å². The molecule has 0 atom stereocenters. The van der Waals surface area contributed by atoms with Crippen molar-refractivity contribution in [3.8, 4) is 0 Å². The van der Waals surface area contributed by atoms with E-state index in [0.717, 1.165) is 11.9 Å². The molecule has 0 fully saturated rings. The summed E-state index contributed by atoms with van der Waals surface area (Å²) in [5.74, 6) is 1.17. The van der Waals surface area contributed by atoms with E-state index in [1.807, 2.05) is 6.07 Å². The third kappa shape index (κ3) is 1.65. The van der Waals surface area contributed by atoms with Crippen molar-refractivity contribution in [2.24, 2.45) is 0 Å². The zero-order valence-electron chi connectivity index (χ0n) is 9.91. The van der Waals surface area contributed by atoms with Crippen molar-refractivity contribution in [2.75, 3.05) is 0 Å². The van der Waals surface area contributed by atoms with Crippen molar-refractivity contribution in [3.63, 3.8) is 0 Å². The van der Waals surface area contributed by atoms with Gasteiger partial charge in [-0.2, -0.15) is 0 Å². The second-order valence-electron chi connectivity index (χ2n) is 4.88. The Kier molecular flexibility index (Phi) is 2.29. The summed E-state index contributed by atoms with van der Waals surface area (Å²) in [5, 5.41) is 0. The highest BCUT2D eigenvalue weighted by atomic mass is 15.1. The molecular formula is C13H18N2. The number of hydrogen-bond donors (Lipinski definition) is 0. The van der Waals surface area contributed by atoms with Crippen LogP contribution in [0.1, 0.15) is 33.5 Å². The van der Waals surface area contributed by atoms with Gasteiger partial charge in [0, 0.05) is 12.0 Å². The van der Waals surface area contributed by atoms with Crippen LogP contribution >= 0.6 is 0 Å². The molecule has 1 heterocycles. The lowest BCUT2D eigenvalue weighted by molar-refractivity contribution is 0.395. The number of imidazole rings is 1. The van der Waals surface area contributed by atoms with E-state index in [1.54, 1.807) is 0 Å². The van der Waals surface area contributed by atoms with Crippen LogP contribution in [0.3, 0.4) is 0 Å². The molecule has 0 unspecified atom stereocenters. The van der Waals surface area contributed by atoms with Gasteiger partial charge in [0.05, 0.1) is 11.0 Å². The zero-order valence-corrected chi connectivity index (χ0v) is 9.91. The van der Waals surface area contributed by atoms with Crippen molar-refractivity contribution in [1.82, 2.24) is 9.55 Å². The number of aromatic nitrogens is 2. The fourth-order valence-corrected chi connectivity index (χ4v) is 2.06. The van der Waals surface area contributed by atoms with Gasteiger partial charge in [0.25, 0.3) is 0 Å². The largest absolute Gasteiger partial charge is 0.323 e. The molecule has 80 valence electrons. The second kappa shape index (κ2) is 3.37. The fraction of sp³-hybridized carbons (Fsp3) is 0.462. The van der Waals surface area contributed by atoms with Crippen LogP contribution in [0.4, 0.5) is 0 Å². The average molecular weight is 202 g/mol. The fourth-order valence-electron chi connectivity index (χ4n) is 2.06. The van der Waals surface area contributed by atoms with Gasteiger partial charge in [-0.25, -0.2) is 4.98 Å². The zero-order chi connectivity index (χ0) is 11.1. The Bertz CT molecular complexity index is 475. The quantitative estimate of drug-likeness (QED) is 0.693. The minimum atomic E-state index is 0.0987. The molecule has 0 spiro atoms. The maximum absolute atomic E-state index is 4.66. The molecule has 2 nitrogen and oxygen atoms in total. The predicted molar refractivity (Wildman–Crippen MR) is 64.1 cm³/mol. The van der Waals surface area contributed by atoms with Crippen molar-refractivity contribution in [1.29, 1.82) is 0 Å². The van der Waals surface area contributed by atoms with Crippen LogP contribution in [-0.4, -0.2) is 9.55 Å². The maximum atomic E-state index is 4.66. The van der Waals surface area contributed by atoms with E-state index in [0.29, 0.717) is 0 Å². The third-order valence-electron chi connectivity index (χ3n) is 2.62. The van der Waals surface area contributed by atoms with Crippen LogP contribution in [0.25, 0.3) is 11.0 Å². The van der Waals surface area contributed by atoms with E-state index < -0.39 is 0 Å². The first-order valence-corrected chi connectivity index (χ1v) is 5.51. The number of benzene rings is 1. The molecule has 1 aromatic carbocycles. The molecule has 15 heavy (non-hydrogen) atoms. The summed E-state index contributed by atoms with van der Waals surface area (Å²) < 4.78 is 2.34. The van der Waals surface area contributed by atoms with Crippen LogP contribution in [0, 0.1) is 0 Å². The Morgan fingerprint density at radius 2 is 1.87 bits per heavy atom. The Morgan fingerprint density at radius 3 is 2.47 bits per heavy atom. The summed E-state index contributed by atoms with van der Waals surface area (Å²) in [6.45, 7) is 8.82. The van der Waals surface area contributed by atoms with E-state index >= 15 is 0 Å². The molecule has 1 aromatic heterocycles. The van der Waals surface area contributed by atoms with Gasteiger partial charge in [0.1, 0.15) is 5.82 Å². The highest BCUT2D eigenvalue weighted by Crippen LogP contribution is 2.24. The smallest absolute Gasteiger partial charge is 0.110 e. The number of para-hydroxylation sites is 2. The topological polar surface area (TPSA) is 17.8 Å². The van der Waals surface area contributed by atoms with Crippen LogP contribution < -0.4 is 0 Å². The Balaban J connectivity index is 2.79. The molecule has 0 bridgehead atoms. The highest BCUT2D eigenvalue weighted by Gasteiger charge is 2.19. The first-order chi connectivity index (χ1) is 7.04. The van der Waals surface area contributed by atoms with Gasteiger partial charge in [-0.1, -0.05) is 19.1 Å². The van der Waals surface area contributed by atoms with Crippen LogP contribution in [0.5, 0.6) is 0 Å². The minimum absolute atomic E-state index is 0.0987. The summed E-state index contributed by atoms with van der Waals surface area (Å²) in [6, 6.07) is 8.34. The molecule has 0 saturated heterocycles. The molecule has 2 rings (SSSR count). The summed E-state index contributed by atoms with van der Waals surface area (Å²) >= 11 is 0. The van der Waals surface area contributed by atoms with Crippen LogP contribution in [-0.2, 0) is 12.0 Å². The lowest BCUT2D eigenvalue weighted by Gasteiger charge is -2.24. The standard InChI is InChI=1S/C13H18N2/c1-5-12-14-10-8-6-7-9-11(10)15(12)13(2,3)4/h6-9H,5H2,1-4H3. The molecule has 0 aliphatic rings. The van der Waals surface area contributed by atoms with Gasteiger partial charge in [-0.3, -0.25) is 0 Å². The molecule has 2 aromatic rings. The van der Waals surface area contributed by atoms with E-state index in [-0.39, 0.29) is 5.54 Å². The summed E-state index contributed by atoms with van der Waals surface area (Å²) in [4.78, 5) is 4.66. The second-order valence-corrected chi connectivity index (χ2v) is 4.88. The van der Waals surface area contributed by atoms with Crippen LogP contribution in [0.15, 0.2) is 24.3 Å². The minimum Gasteiger partial charge on any atom is -0.323 e. The van der Waals surface area contributed by atoms with Gasteiger partial charge in [-0.05, 0) is 32.9 Å². The highest BCUT2D eigenvalue weighted by molar-refractivity contribution is 5.76. The molecule has 0 aliphatic heterocycles. The van der Waals surface area contributed by atoms with E-state index in [1.165, 1.54) is 11.3 Å². The Labute approximate surface area is 90.9 Å². The molecule has 0 amide bonds. The number of hydrogen-bond acceptors (Lipinski definition) is 1. The molecular weight excluding hydrogens is 184 g/mol. The summed E-state index contributed by atoms with van der Waals surface area (Å²) in [5.41, 5.74) is 2.44. The van der Waals surface area contributed by atoms with Gasteiger partial charge in [0.2, 0.25) is 0 Å². The van der Waals surface area contributed by atoms with Crippen molar-refractivity contribution >= 4 is 11.0 Å². The number of fused-ring (bicyclic) bond motifs is 1. The molecule has 0 radical (unpaired) electrons. The summed E-state index contributed by atoms with van der Waals surface area (Å²) in [7, 11) is 0. The number of nitrogens with zero attached hydrogens (tertiary/aromatic N) is 2. The lowest BCUT2D eigenvalue weighted by Crippen LogP contribution is -2.23. The number of aryl methyl sites for hydroxylation is 1. The van der Waals surface area contributed by atoms with Gasteiger partial charge >= 0.3 is 0 Å². The average Bonchev–Trinajstić information content (AvgIpc) is 2.54. The normalized spacial score (nSPS) is 12.3. The van der Waals surface area contributed by atoms with Gasteiger partial charge < -0.3 is 4.57 Å². The predicted octanol–water partition coefficient (Wildman–Crippen LogP) is 3.35. The van der Waals surface area contributed by atoms with Crippen molar-refractivity contribution < 1.29 is 0 Å². The third-order valence-corrected chi connectivity index (χ3v) is 2.62. The van der Waals surface area contributed by atoms with Crippen molar-refractivity contribution in [3.05, 3.63) is 30.1 Å². The van der Waals surface area contributed by atoms with E-state index in [4.69, 9.17) is 0 Å². The maximum Gasteiger partial charge on any atom is 0.110 e. The molecule has 0 saturated carbocycles. The number of rotatable bonds is 1. The molecule has 0 N–H and O–H groups in total. The Hall–Kier alpha value is -1.31. The summed E-state index contributed by atoms with van der Waals surface area (Å²) in [6.07, 6.45) is 0.978. The van der Waals surface area contributed by atoms with Gasteiger partial charge in [0.15, 0.2) is 0 Å². The SMILES string of the molecule is CCc1nc2ccccc2n1C(C)(C)C. The van der Waals surface area contributed by atoms with E-state index in [2.05, 4.69) is 55.4 Å². The monoisotopic (exact) mass is 202 g/mol. The lowest BCUT2D eigenvalue weighted by atomic mass is 10.1. The van der Waals surface area contributed by atoms with E-state index in [9.17, 15) is 0 Å². The first-order valence-electron chi connectivity index (χ1n) is 5.51. The Morgan fingerprint density at radius 1 is 1.20 bits per heavy atom. The molecule has 0 aliphatic carbocycles. The first kappa shape index (κ1) is 10.2.